The number of aromatic nitrogens is 2. The normalized spacial score (nSPS) is 12.4. The Hall–Kier alpha value is -3.25. The molecule has 13 heteroatoms. The summed E-state index contributed by atoms with van der Waals surface area (Å²) in [6.07, 6.45) is -2.91. The van der Waals surface area contributed by atoms with Crippen molar-refractivity contribution in [2.24, 2.45) is 11.8 Å². The van der Waals surface area contributed by atoms with E-state index in [9.17, 15) is 27.2 Å². The molecule has 3 aromatic rings. The van der Waals surface area contributed by atoms with Gasteiger partial charge in [-0.25, -0.2) is 14.4 Å². The fourth-order valence-corrected chi connectivity index (χ4v) is 4.60. The maximum absolute atomic E-state index is 14.4. The summed E-state index contributed by atoms with van der Waals surface area (Å²) in [6.45, 7) is 4.32. The van der Waals surface area contributed by atoms with Gasteiger partial charge in [0, 0.05) is 30.1 Å². The molecular formula is C24H23ClF4N4O3S. The number of carboxylic acids is 1. The van der Waals surface area contributed by atoms with Crippen molar-refractivity contribution >= 4 is 45.8 Å². The average molecular weight is 559 g/mol. The number of nitrogens with one attached hydrogen (secondary N) is 2. The lowest BCUT2D eigenvalue weighted by molar-refractivity contribution is -0.140. The van der Waals surface area contributed by atoms with Gasteiger partial charge in [-0.3, -0.25) is 14.9 Å². The molecule has 0 fully saturated rings. The minimum absolute atomic E-state index is 0.0104. The van der Waals surface area contributed by atoms with E-state index in [1.807, 2.05) is 13.8 Å². The monoisotopic (exact) mass is 558 g/mol. The number of anilines is 2. The number of halogens is 5. The van der Waals surface area contributed by atoms with Gasteiger partial charge >= 0.3 is 12.1 Å². The lowest BCUT2D eigenvalue weighted by Crippen LogP contribution is -2.20. The molecule has 0 aliphatic heterocycles. The van der Waals surface area contributed by atoms with Crippen molar-refractivity contribution in [1.82, 2.24) is 9.97 Å². The van der Waals surface area contributed by atoms with E-state index in [-0.39, 0.29) is 45.1 Å². The van der Waals surface area contributed by atoms with Gasteiger partial charge in [0.2, 0.25) is 0 Å². The molecule has 3 N–H and O–H groups in total. The Morgan fingerprint density at radius 2 is 1.97 bits per heavy atom. The van der Waals surface area contributed by atoms with Crippen LogP contribution in [0.15, 0.2) is 35.8 Å². The third kappa shape index (κ3) is 7.62. The van der Waals surface area contributed by atoms with E-state index in [4.69, 9.17) is 16.7 Å². The molecule has 1 atom stereocenters. The zero-order valence-electron chi connectivity index (χ0n) is 19.7. The number of thiazole rings is 1. The summed E-state index contributed by atoms with van der Waals surface area (Å²) in [6, 6.07) is 4.25. The first-order valence-corrected chi connectivity index (χ1v) is 12.3. The second kappa shape index (κ2) is 11.9. The van der Waals surface area contributed by atoms with Gasteiger partial charge in [0.15, 0.2) is 5.13 Å². The van der Waals surface area contributed by atoms with Crippen LogP contribution >= 0.6 is 22.9 Å². The summed E-state index contributed by atoms with van der Waals surface area (Å²) >= 11 is 7.17. The number of benzene rings is 1. The van der Waals surface area contributed by atoms with Gasteiger partial charge in [-0.2, -0.15) is 13.2 Å². The zero-order valence-corrected chi connectivity index (χ0v) is 21.3. The summed E-state index contributed by atoms with van der Waals surface area (Å²) in [5, 5.41) is 16.1. The summed E-state index contributed by atoms with van der Waals surface area (Å²) in [7, 11) is 0. The molecular weight excluding hydrogens is 536 g/mol. The molecule has 0 aliphatic carbocycles. The first kappa shape index (κ1) is 28.3. The topological polar surface area (TPSA) is 104 Å². The van der Waals surface area contributed by atoms with Crippen LogP contribution in [0, 0.1) is 17.7 Å². The molecule has 0 saturated heterocycles. The fraction of sp³-hybridized carbons (Fsp3) is 0.333. The smallest absolute Gasteiger partial charge is 0.419 e. The first-order valence-electron chi connectivity index (χ1n) is 11.1. The molecule has 7 nitrogen and oxygen atoms in total. The van der Waals surface area contributed by atoms with E-state index in [0.717, 1.165) is 17.4 Å². The molecule has 1 unspecified atom stereocenters. The van der Waals surface area contributed by atoms with Crippen LogP contribution in [0.3, 0.4) is 0 Å². The number of pyridine rings is 1. The number of carbonyl (C=O) groups is 2. The number of alkyl halides is 3. The van der Waals surface area contributed by atoms with Gasteiger partial charge in [0.05, 0.1) is 21.8 Å². The van der Waals surface area contributed by atoms with Crippen LogP contribution in [-0.4, -0.2) is 33.5 Å². The lowest BCUT2D eigenvalue weighted by atomic mass is 9.94. The molecule has 0 aliphatic rings. The minimum Gasteiger partial charge on any atom is -0.481 e. The highest BCUT2D eigenvalue weighted by molar-refractivity contribution is 7.14. The highest BCUT2D eigenvalue weighted by Gasteiger charge is 2.35. The Bertz CT molecular complexity index is 1280. The van der Waals surface area contributed by atoms with Crippen molar-refractivity contribution in [1.29, 1.82) is 0 Å². The van der Waals surface area contributed by atoms with E-state index in [1.54, 1.807) is 0 Å². The van der Waals surface area contributed by atoms with Crippen LogP contribution in [0.5, 0.6) is 0 Å². The van der Waals surface area contributed by atoms with Crippen molar-refractivity contribution in [2.75, 3.05) is 17.2 Å². The van der Waals surface area contributed by atoms with E-state index in [1.165, 1.54) is 23.7 Å². The predicted octanol–water partition coefficient (Wildman–Crippen LogP) is 6.82. The number of rotatable bonds is 10. The highest BCUT2D eigenvalue weighted by atomic mass is 35.5. The van der Waals surface area contributed by atoms with Crippen molar-refractivity contribution in [3.8, 4) is 11.3 Å². The highest BCUT2D eigenvalue weighted by Crippen LogP contribution is 2.36. The van der Waals surface area contributed by atoms with Crippen molar-refractivity contribution in [3.63, 3.8) is 0 Å². The molecule has 0 saturated carbocycles. The summed E-state index contributed by atoms with van der Waals surface area (Å²) in [4.78, 5) is 31.9. The van der Waals surface area contributed by atoms with Gasteiger partial charge in [-0.15, -0.1) is 11.3 Å². The van der Waals surface area contributed by atoms with Crippen LogP contribution in [0.2, 0.25) is 5.02 Å². The lowest BCUT2D eigenvalue weighted by Gasteiger charge is -2.18. The molecule has 0 bridgehead atoms. The molecule has 2 aromatic heterocycles. The number of aliphatic carboxylic acids is 1. The van der Waals surface area contributed by atoms with E-state index in [2.05, 4.69) is 20.6 Å². The quantitative estimate of drug-likeness (QED) is 0.236. The van der Waals surface area contributed by atoms with Crippen LogP contribution < -0.4 is 10.6 Å². The molecule has 1 aromatic carbocycles. The number of nitrogens with zero attached hydrogens (tertiary/aromatic N) is 2. The fourth-order valence-electron chi connectivity index (χ4n) is 3.66. The summed E-state index contributed by atoms with van der Waals surface area (Å²) < 4.78 is 53.4. The van der Waals surface area contributed by atoms with Gasteiger partial charge in [-0.1, -0.05) is 31.5 Å². The largest absolute Gasteiger partial charge is 0.481 e. The number of hydrogen-bond acceptors (Lipinski definition) is 6. The molecule has 1 amide bonds. The van der Waals surface area contributed by atoms with Crippen molar-refractivity contribution in [2.45, 2.75) is 32.9 Å². The van der Waals surface area contributed by atoms with Gasteiger partial charge in [0.25, 0.3) is 5.91 Å². The third-order valence-electron chi connectivity index (χ3n) is 5.23. The Balaban J connectivity index is 1.69. The van der Waals surface area contributed by atoms with E-state index >= 15 is 0 Å². The van der Waals surface area contributed by atoms with Crippen LogP contribution in [0.4, 0.5) is 28.5 Å². The summed E-state index contributed by atoms with van der Waals surface area (Å²) in [5.41, 5.74) is -1.72. The van der Waals surface area contributed by atoms with Crippen LogP contribution in [0.1, 0.15) is 42.6 Å². The van der Waals surface area contributed by atoms with E-state index < -0.39 is 29.4 Å². The predicted molar refractivity (Wildman–Crippen MR) is 133 cm³/mol. The standard InChI is InChI=1S/C24H23ClF4N4O3S/c1-12(2)6-13(7-19(34)35)9-30-21-17(25)8-14(10-31-21)22(36)33-23-32-18(11-37-23)15-4-3-5-16(20(15)26)24(27,28)29/h3-5,8,10-13H,6-7,9H2,1-2H3,(H,30,31)(H,34,35)(H,32,33,36). The maximum Gasteiger partial charge on any atom is 0.419 e. The number of carbonyl (C=O) groups excluding carboxylic acids is 1. The van der Waals surface area contributed by atoms with Crippen molar-refractivity contribution in [3.05, 3.63) is 57.8 Å². The Kier molecular flexibility index (Phi) is 9.08. The zero-order chi connectivity index (χ0) is 27.3. The van der Waals surface area contributed by atoms with Gasteiger partial charge in [0.1, 0.15) is 11.6 Å². The number of carboxylic acid groups (broad SMARTS) is 1. The third-order valence-corrected chi connectivity index (χ3v) is 6.28. The van der Waals surface area contributed by atoms with Gasteiger partial charge in [-0.05, 0) is 36.5 Å². The van der Waals surface area contributed by atoms with Gasteiger partial charge < -0.3 is 10.4 Å². The second-order valence-corrected chi connectivity index (χ2v) is 9.95. The molecule has 37 heavy (non-hydrogen) atoms. The maximum atomic E-state index is 14.4. The molecule has 2 heterocycles. The van der Waals surface area contributed by atoms with Crippen LogP contribution in [-0.2, 0) is 11.0 Å². The Morgan fingerprint density at radius 3 is 2.59 bits per heavy atom. The Labute approximate surface area is 218 Å². The average Bonchev–Trinajstić information content (AvgIpc) is 3.24. The second-order valence-electron chi connectivity index (χ2n) is 8.69. The molecule has 3 rings (SSSR count). The molecule has 198 valence electrons. The van der Waals surface area contributed by atoms with Crippen molar-refractivity contribution < 1.29 is 32.3 Å². The summed E-state index contributed by atoms with van der Waals surface area (Å²) in [5.74, 6) is -2.53. The SMILES string of the molecule is CC(C)CC(CNc1ncc(C(=O)Nc2nc(-c3cccc(C(F)(F)F)c3F)cs2)cc1Cl)CC(=O)O. The van der Waals surface area contributed by atoms with E-state index in [0.29, 0.717) is 24.9 Å². The molecule has 0 radical (unpaired) electrons. The number of amides is 1. The first-order chi connectivity index (χ1) is 17.3. The molecule has 0 spiro atoms. The Morgan fingerprint density at radius 1 is 1.24 bits per heavy atom. The number of hydrogen-bond donors (Lipinski definition) is 3. The van der Waals surface area contributed by atoms with Crippen LogP contribution in [0.25, 0.3) is 11.3 Å². The minimum atomic E-state index is -4.86.